The number of Topliss-reactive ketones (excluding diaryl/α,β-unsaturated/α-hetero) is 1. The molecule has 0 aliphatic heterocycles. The van der Waals surface area contributed by atoms with E-state index in [1.165, 1.54) is 20.1 Å². The summed E-state index contributed by atoms with van der Waals surface area (Å²) >= 11 is 0. The molecule has 0 aliphatic carbocycles. The molecule has 0 bridgehead atoms. The van der Waals surface area contributed by atoms with E-state index in [4.69, 9.17) is 4.42 Å². The molecule has 0 saturated carbocycles. The van der Waals surface area contributed by atoms with Gasteiger partial charge in [0.15, 0.2) is 11.5 Å². The van der Waals surface area contributed by atoms with Crippen molar-refractivity contribution in [1.29, 1.82) is 0 Å². The van der Waals surface area contributed by atoms with Gasteiger partial charge in [0.1, 0.15) is 5.58 Å². The molecule has 1 aromatic heterocycles. The third-order valence-corrected chi connectivity index (χ3v) is 2.54. The van der Waals surface area contributed by atoms with Crippen LogP contribution in [0.4, 0.5) is 0 Å². The largest absolute Gasteiger partial charge is 0.466 e. The molecule has 1 aromatic carbocycles. The molecule has 2 rings (SSSR count). The maximum atomic E-state index is 11.3. The molecule has 0 saturated heterocycles. The van der Waals surface area contributed by atoms with E-state index in [1.54, 1.807) is 24.3 Å². The number of ketones is 1. The minimum absolute atomic E-state index is 0.130. The Hall–Kier alpha value is -2.36. The molecule has 92 valence electrons. The average molecular weight is 244 g/mol. The Bertz CT molecular complexity index is 634. The normalized spacial score (nSPS) is 11.0. The highest BCUT2D eigenvalue weighted by molar-refractivity contribution is 5.99. The summed E-state index contributed by atoms with van der Waals surface area (Å²) in [6.07, 6.45) is 2.96. The van der Waals surface area contributed by atoms with Gasteiger partial charge in [-0.25, -0.2) is 4.79 Å². The number of carbonyl (C=O) groups is 2. The van der Waals surface area contributed by atoms with Crippen molar-refractivity contribution in [3.05, 3.63) is 41.7 Å². The van der Waals surface area contributed by atoms with Gasteiger partial charge in [-0.1, -0.05) is 12.1 Å². The van der Waals surface area contributed by atoms with Crippen molar-refractivity contribution in [3.63, 3.8) is 0 Å². The van der Waals surface area contributed by atoms with Crippen LogP contribution in [0.1, 0.15) is 23.0 Å². The van der Waals surface area contributed by atoms with Gasteiger partial charge in [0.2, 0.25) is 0 Å². The molecule has 4 nitrogen and oxygen atoms in total. The highest BCUT2D eigenvalue weighted by Crippen LogP contribution is 2.24. The van der Waals surface area contributed by atoms with E-state index in [0.29, 0.717) is 11.3 Å². The van der Waals surface area contributed by atoms with E-state index in [9.17, 15) is 9.59 Å². The van der Waals surface area contributed by atoms with E-state index in [2.05, 4.69) is 4.74 Å². The SMILES string of the molecule is COC(=O)C=Cc1cccc2oc(C(C)=O)cc12. The summed E-state index contributed by atoms with van der Waals surface area (Å²) in [6.45, 7) is 1.45. The maximum absolute atomic E-state index is 11.3. The smallest absolute Gasteiger partial charge is 0.330 e. The number of furan rings is 1. The van der Waals surface area contributed by atoms with Crippen LogP contribution in [0.5, 0.6) is 0 Å². The minimum Gasteiger partial charge on any atom is -0.466 e. The van der Waals surface area contributed by atoms with Crippen molar-refractivity contribution in [1.82, 2.24) is 0 Å². The van der Waals surface area contributed by atoms with Crippen molar-refractivity contribution < 1.29 is 18.7 Å². The summed E-state index contributed by atoms with van der Waals surface area (Å²) in [4.78, 5) is 22.3. The molecule has 0 aliphatic rings. The van der Waals surface area contributed by atoms with Crippen LogP contribution in [0.3, 0.4) is 0 Å². The van der Waals surface area contributed by atoms with Crippen molar-refractivity contribution in [2.45, 2.75) is 6.92 Å². The van der Waals surface area contributed by atoms with Crippen LogP contribution in [-0.2, 0) is 9.53 Å². The molecule has 2 aromatic rings. The molecule has 0 fully saturated rings. The zero-order valence-corrected chi connectivity index (χ0v) is 10.1. The number of rotatable bonds is 3. The van der Waals surface area contributed by atoms with E-state index in [1.807, 2.05) is 6.07 Å². The first kappa shape index (κ1) is 12.1. The van der Waals surface area contributed by atoms with Crippen molar-refractivity contribution in [2.24, 2.45) is 0 Å². The van der Waals surface area contributed by atoms with Gasteiger partial charge in [-0.2, -0.15) is 0 Å². The lowest BCUT2D eigenvalue weighted by Crippen LogP contribution is -1.93. The van der Waals surface area contributed by atoms with E-state index >= 15 is 0 Å². The fourth-order valence-electron chi connectivity index (χ4n) is 1.63. The Morgan fingerprint density at radius 1 is 1.33 bits per heavy atom. The second-order valence-electron chi connectivity index (χ2n) is 3.78. The van der Waals surface area contributed by atoms with Crippen LogP contribution in [0.15, 0.2) is 34.8 Å². The minimum atomic E-state index is -0.428. The Morgan fingerprint density at radius 3 is 2.78 bits per heavy atom. The quantitative estimate of drug-likeness (QED) is 0.473. The number of benzene rings is 1. The fourth-order valence-corrected chi connectivity index (χ4v) is 1.63. The number of methoxy groups -OCH3 is 1. The molecule has 0 spiro atoms. The van der Waals surface area contributed by atoms with Crippen molar-refractivity contribution in [2.75, 3.05) is 7.11 Å². The van der Waals surface area contributed by atoms with E-state index < -0.39 is 5.97 Å². The zero-order chi connectivity index (χ0) is 13.1. The third kappa shape index (κ3) is 2.32. The molecule has 0 unspecified atom stereocenters. The topological polar surface area (TPSA) is 56.5 Å². The van der Waals surface area contributed by atoms with Gasteiger partial charge in [0.05, 0.1) is 7.11 Å². The fraction of sp³-hybridized carbons (Fsp3) is 0.143. The second kappa shape index (κ2) is 4.87. The van der Waals surface area contributed by atoms with Crippen LogP contribution >= 0.6 is 0 Å². The Kier molecular flexibility index (Phi) is 3.28. The maximum Gasteiger partial charge on any atom is 0.330 e. The number of ether oxygens (including phenoxy) is 1. The molecular weight excluding hydrogens is 232 g/mol. The summed E-state index contributed by atoms with van der Waals surface area (Å²) < 4.78 is 9.93. The Balaban J connectivity index is 2.48. The van der Waals surface area contributed by atoms with Crippen molar-refractivity contribution >= 4 is 28.8 Å². The van der Waals surface area contributed by atoms with E-state index in [0.717, 1.165) is 10.9 Å². The highest BCUT2D eigenvalue weighted by Gasteiger charge is 2.09. The van der Waals surface area contributed by atoms with E-state index in [-0.39, 0.29) is 5.78 Å². The number of hydrogen-bond acceptors (Lipinski definition) is 4. The molecule has 1 heterocycles. The molecule has 0 atom stereocenters. The summed E-state index contributed by atoms with van der Waals surface area (Å²) in [7, 11) is 1.32. The highest BCUT2D eigenvalue weighted by atomic mass is 16.5. The third-order valence-electron chi connectivity index (χ3n) is 2.54. The predicted octanol–water partition coefficient (Wildman–Crippen LogP) is 2.82. The predicted molar refractivity (Wildman–Crippen MR) is 67.3 cm³/mol. The van der Waals surface area contributed by atoms with Crippen molar-refractivity contribution in [3.8, 4) is 0 Å². The molecular formula is C14H12O4. The molecule has 0 radical (unpaired) electrons. The standard InChI is InChI=1S/C14H12O4/c1-9(15)13-8-11-10(6-7-14(16)17-2)4-3-5-12(11)18-13/h3-8H,1-2H3. The molecule has 4 heteroatoms. The monoisotopic (exact) mass is 244 g/mol. The van der Waals surface area contributed by atoms with Gasteiger partial charge in [-0.05, 0) is 23.8 Å². The van der Waals surface area contributed by atoms with Gasteiger partial charge in [-0.3, -0.25) is 4.79 Å². The van der Waals surface area contributed by atoms with Crippen LogP contribution in [0, 0.1) is 0 Å². The van der Waals surface area contributed by atoms with Crippen LogP contribution in [0.2, 0.25) is 0 Å². The van der Waals surface area contributed by atoms with Crippen LogP contribution in [-0.4, -0.2) is 18.9 Å². The van der Waals surface area contributed by atoms with Crippen LogP contribution in [0.25, 0.3) is 17.0 Å². The lowest BCUT2D eigenvalue weighted by atomic mass is 10.1. The first-order valence-electron chi connectivity index (χ1n) is 5.41. The number of hydrogen-bond donors (Lipinski definition) is 0. The summed E-state index contributed by atoms with van der Waals surface area (Å²) in [5.74, 6) is -0.250. The average Bonchev–Trinajstić information content (AvgIpc) is 2.80. The first-order valence-corrected chi connectivity index (χ1v) is 5.41. The van der Waals surface area contributed by atoms with Gasteiger partial charge in [-0.15, -0.1) is 0 Å². The lowest BCUT2D eigenvalue weighted by molar-refractivity contribution is -0.134. The number of carbonyl (C=O) groups excluding carboxylic acids is 2. The first-order chi connectivity index (χ1) is 8.61. The van der Waals surface area contributed by atoms with Gasteiger partial charge >= 0.3 is 5.97 Å². The van der Waals surface area contributed by atoms with Gasteiger partial charge in [0.25, 0.3) is 0 Å². The van der Waals surface area contributed by atoms with Gasteiger partial charge in [0, 0.05) is 18.4 Å². The molecule has 18 heavy (non-hydrogen) atoms. The lowest BCUT2D eigenvalue weighted by Gasteiger charge is -1.95. The number of esters is 1. The Morgan fingerprint density at radius 2 is 2.11 bits per heavy atom. The number of fused-ring (bicyclic) bond motifs is 1. The summed E-state index contributed by atoms with van der Waals surface area (Å²) in [6, 6.07) is 7.08. The second-order valence-corrected chi connectivity index (χ2v) is 3.78. The summed E-state index contributed by atoms with van der Waals surface area (Å²) in [5, 5.41) is 0.794. The zero-order valence-electron chi connectivity index (χ0n) is 10.1. The molecule has 0 N–H and O–H groups in total. The van der Waals surface area contributed by atoms with Crippen LogP contribution < -0.4 is 0 Å². The molecule has 0 amide bonds. The Labute approximate surface area is 104 Å². The summed E-state index contributed by atoms with van der Waals surface area (Å²) in [5.41, 5.74) is 1.42. The van der Waals surface area contributed by atoms with Gasteiger partial charge < -0.3 is 9.15 Å².